The Balaban J connectivity index is 2.04. The zero-order chi connectivity index (χ0) is 13.6. The van der Waals surface area contributed by atoms with Crippen LogP contribution in [0.2, 0.25) is 0 Å². The third-order valence-electron chi connectivity index (χ3n) is 3.29. The second-order valence-corrected chi connectivity index (χ2v) is 4.46. The zero-order valence-corrected chi connectivity index (χ0v) is 9.92. The number of ether oxygens (including phenoxy) is 1. The van der Waals surface area contributed by atoms with Gasteiger partial charge in [0.25, 0.3) is 0 Å². The van der Waals surface area contributed by atoms with E-state index in [1.54, 1.807) is 6.07 Å². The predicted molar refractivity (Wildman–Crippen MR) is 64.9 cm³/mol. The van der Waals surface area contributed by atoms with E-state index in [1.807, 2.05) is 0 Å². The summed E-state index contributed by atoms with van der Waals surface area (Å²) in [6.07, 6.45) is -1.07. The summed E-state index contributed by atoms with van der Waals surface area (Å²) in [7, 11) is 0. The first-order valence-electron chi connectivity index (χ1n) is 5.83. The van der Waals surface area contributed by atoms with Crippen molar-refractivity contribution >= 4 is 16.7 Å². The fraction of sp³-hybridized carbons (Fsp3) is 0.455. The number of rotatable bonds is 2. The Morgan fingerprint density at radius 1 is 1.37 bits per heavy atom. The van der Waals surface area contributed by atoms with Crippen LogP contribution in [0.1, 0.15) is 6.23 Å². The molecule has 19 heavy (non-hydrogen) atoms. The maximum Gasteiger partial charge on any atom is 0.181 e. The summed E-state index contributed by atoms with van der Waals surface area (Å²) >= 11 is 0. The summed E-state index contributed by atoms with van der Waals surface area (Å²) in [5, 5.41) is 33.5. The molecule has 102 valence electrons. The number of pyridine rings is 1. The predicted octanol–water partition coefficient (Wildman–Crippen LogP) is -1.38. The molecule has 0 radical (unpaired) electrons. The van der Waals surface area contributed by atoms with E-state index in [1.165, 1.54) is 17.1 Å². The fourth-order valence-electron chi connectivity index (χ4n) is 2.23. The number of nitrogens with zero attached hydrogens (tertiary/aromatic N) is 3. The molecule has 1 aliphatic rings. The first kappa shape index (κ1) is 12.3. The minimum Gasteiger partial charge on any atom is -0.398 e. The Morgan fingerprint density at radius 2 is 2.16 bits per heavy atom. The van der Waals surface area contributed by atoms with Gasteiger partial charge in [-0.2, -0.15) is 5.10 Å². The molecule has 0 bridgehead atoms. The molecule has 8 nitrogen and oxygen atoms in total. The van der Waals surface area contributed by atoms with Crippen LogP contribution in [-0.4, -0.2) is 55.0 Å². The number of hydrogen-bond donors (Lipinski definition) is 4. The molecule has 0 aliphatic carbocycles. The average Bonchev–Trinajstić information content (AvgIpc) is 2.94. The smallest absolute Gasteiger partial charge is 0.181 e. The van der Waals surface area contributed by atoms with Crippen LogP contribution in [0.15, 0.2) is 18.5 Å². The molecule has 4 atom stereocenters. The molecule has 1 aliphatic heterocycles. The SMILES string of the molecule is Nc1ccnc2c1cnn2[C@@H]1O[C@H](CO)[C@@H](O)[C@@H]1O. The van der Waals surface area contributed by atoms with Gasteiger partial charge < -0.3 is 25.8 Å². The van der Waals surface area contributed by atoms with Gasteiger partial charge in [0.05, 0.1) is 18.2 Å². The van der Waals surface area contributed by atoms with Gasteiger partial charge in [-0.15, -0.1) is 0 Å². The lowest BCUT2D eigenvalue weighted by atomic mass is 10.1. The van der Waals surface area contributed by atoms with Crippen molar-refractivity contribution in [2.24, 2.45) is 0 Å². The number of aliphatic hydroxyl groups is 3. The number of nitrogen functional groups attached to an aromatic ring is 1. The average molecular weight is 266 g/mol. The van der Waals surface area contributed by atoms with Crippen molar-refractivity contribution < 1.29 is 20.1 Å². The highest BCUT2D eigenvalue weighted by atomic mass is 16.6. The molecule has 8 heteroatoms. The van der Waals surface area contributed by atoms with Crippen molar-refractivity contribution in [3.63, 3.8) is 0 Å². The van der Waals surface area contributed by atoms with E-state index in [0.29, 0.717) is 16.7 Å². The molecule has 0 saturated carbocycles. The monoisotopic (exact) mass is 266 g/mol. The number of aromatic nitrogens is 3. The van der Waals surface area contributed by atoms with Crippen molar-refractivity contribution in [3.8, 4) is 0 Å². The van der Waals surface area contributed by atoms with Crippen LogP contribution in [0, 0.1) is 0 Å². The summed E-state index contributed by atoms with van der Waals surface area (Å²) < 4.78 is 6.75. The third-order valence-corrected chi connectivity index (χ3v) is 3.29. The molecule has 0 amide bonds. The Kier molecular flexibility index (Phi) is 2.86. The van der Waals surface area contributed by atoms with E-state index in [0.717, 1.165) is 0 Å². The van der Waals surface area contributed by atoms with Gasteiger partial charge in [0.15, 0.2) is 11.9 Å². The summed E-state index contributed by atoms with van der Waals surface area (Å²) in [4.78, 5) is 4.14. The Morgan fingerprint density at radius 3 is 2.84 bits per heavy atom. The largest absolute Gasteiger partial charge is 0.398 e. The quantitative estimate of drug-likeness (QED) is 0.528. The van der Waals surface area contributed by atoms with E-state index < -0.39 is 24.5 Å². The highest BCUT2D eigenvalue weighted by Crippen LogP contribution is 2.31. The van der Waals surface area contributed by atoms with Crippen LogP contribution in [0.25, 0.3) is 11.0 Å². The molecule has 0 spiro atoms. The van der Waals surface area contributed by atoms with Gasteiger partial charge in [-0.05, 0) is 6.07 Å². The molecule has 3 rings (SSSR count). The lowest BCUT2D eigenvalue weighted by molar-refractivity contribution is -0.0566. The van der Waals surface area contributed by atoms with E-state index >= 15 is 0 Å². The van der Waals surface area contributed by atoms with Crippen molar-refractivity contribution in [1.82, 2.24) is 14.8 Å². The second-order valence-electron chi connectivity index (χ2n) is 4.46. The zero-order valence-electron chi connectivity index (χ0n) is 9.92. The van der Waals surface area contributed by atoms with Crippen molar-refractivity contribution in [1.29, 1.82) is 0 Å². The number of aliphatic hydroxyl groups excluding tert-OH is 3. The molecule has 1 fully saturated rings. The van der Waals surface area contributed by atoms with Gasteiger partial charge in [0, 0.05) is 11.9 Å². The second kappa shape index (κ2) is 4.42. The van der Waals surface area contributed by atoms with E-state index in [4.69, 9.17) is 15.6 Å². The molecule has 5 N–H and O–H groups in total. The Bertz CT molecular complexity index is 601. The van der Waals surface area contributed by atoms with E-state index in [-0.39, 0.29) is 6.61 Å². The number of fused-ring (bicyclic) bond motifs is 1. The number of nitrogens with two attached hydrogens (primary N) is 1. The van der Waals surface area contributed by atoms with Gasteiger partial charge in [0.2, 0.25) is 0 Å². The summed E-state index contributed by atoms with van der Waals surface area (Å²) in [5.41, 5.74) is 6.77. The topological polar surface area (TPSA) is 127 Å². The van der Waals surface area contributed by atoms with Gasteiger partial charge in [-0.25, -0.2) is 9.67 Å². The van der Waals surface area contributed by atoms with Gasteiger partial charge >= 0.3 is 0 Å². The van der Waals surface area contributed by atoms with E-state index in [2.05, 4.69) is 10.1 Å². The standard InChI is InChI=1S/C11H14N4O4/c12-6-1-2-13-10-5(6)3-14-15(10)11-9(18)8(17)7(4-16)19-11/h1-3,7-9,11,16-18H,4H2,(H2,12,13)/t7-,8-,9+,11-/m1/s1. The van der Waals surface area contributed by atoms with Crippen molar-refractivity contribution in [3.05, 3.63) is 18.5 Å². The first-order valence-corrected chi connectivity index (χ1v) is 5.83. The van der Waals surface area contributed by atoms with Crippen LogP contribution in [0.5, 0.6) is 0 Å². The molecule has 0 aromatic carbocycles. The highest BCUT2D eigenvalue weighted by molar-refractivity contribution is 5.87. The fourth-order valence-corrected chi connectivity index (χ4v) is 2.23. The maximum atomic E-state index is 9.95. The lowest BCUT2D eigenvalue weighted by Crippen LogP contribution is -2.33. The molecule has 1 saturated heterocycles. The van der Waals surface area contributed by atoms with Crippen LogP contribution >= 0.6 is 0 Å². The van der Waals surface area contributed by atoms with Crippen LogP contribution in [0.4, 0.5) is 5.69 Å². The number of hydrogen-bond acceptors (Lipinski definition) is 7. The molecule has 2 aromatic rings. The van der Waals surface area contributed by atoms with Crippen molar-refractivity contribution in [2.75, 3.05) is 12.3 Å². The molecule has 3 heterocycles. The summed E-state index contributed by atoms with van der Waals surface area (Å²) in [5.74, 6) is 0. The molecular weight excluding hydrogens is 252 g/mol. The Labute approximate surface area is 108 Å². The highest BCUT2D eigenvalue weighted by Gasteiger charge is 2.44. The van der Waals surface area contributed by atoms with Crippen LogP contribution in [0.3, 0.4) is 0 Å². The maximum absolute atomic E-state index is 9.95. The molecule has 0 unspecified atom stereocenters. The molecular formula is C11H14N4O4. The third kappa shape index (κ3) is 1.77. The normalized spacial score (nSPS) is 31.1. The van der Waals surface area contributed by atoms with Crippen LogP contribution in [-0.2, 0) is 4.74 Å². The van der Waals surface area contributed by atoms with Crippen molar-refractivity contribution in [2.45, 2.75) is 24.5 Å². The van der Waals surface area contributed by atoms with Gasteiger partial charge in [0.1, 0.15) is 18.3 Å². The lowest BCUT2D eigenvalue weighted by Gasteiger charge is -2.15. The van der Waals surface area contributed by atoms with Crippen LogP contribution < -0.4 is 5.73 Å². The Hall–Kier alpha value is -1.74. The minimum absolute atomic E-state index is 0.385. The van der Waals surface area contributed by atoms with Gasteiger partial charge in [-0.3, -0.25) is 0 Å². The summed E-state index contributed by atoms with van der Waals surface area (Å²) in [6, 6.07) is 1.64. The minimum atomic E-state index is -1.19. The van der Waals surface area contributed by atoms with E-state index in [9.17, 15) is 10.2 Å². The first-order chi connectivity index (χ1) is 9.13. The molecule has 2 aromatic heterocycles. The number of anilines is 1. The van der Waals surface area contributed by atoms with Gasteiger partial charge in [-0.1, -0.05) is 0 Å². The summed E-state index contributed by atoms with van der Waals surface area (Å²) in [6.45, 7) is -0.385.